The highest BCUT2D eigenvalue weighted by Crippen LogP contribution is 2.21. The minimum atomic E-state index is -0.562. The number of benzene rings is 1. The van der Waals surface area contributed by atoms with Crippen molar-refractivity contribution in [3.63, 3.8) is 0 Å². The van der Waals surface area contributed by atoms with Crippen molar-refractivity contribution in [1.82, 2.24) is 4.98 Å². The van der Waals surface area contributed by atoms with Gasteiger partial charge in [0, 0.05) is 12.4 Å². The molecule has 1 atom stereocenters. The number of pyridine rings is 1. The van der Waals surface area contributed by atoms with E-state index >= 15 is 0 Å². The normalized spacial score (nSPS) is 12.4. The standard InChI is InChI=1S/C13H13NO/c1-10-3-2-4-12(9-10)13(15)11-5-7-14-8-6-11/h2-9,13,15H,1H3. The summed E-state index contributed by atoms with van der Waals surface area (Å²) in [6, 6.07) is 11.5. The van der Waals surface area contributed by atoms with Gasteiger partial charge in [-0.1, -0.05) is 29.8 Å². The maximum absolute atomic E-state index is 10.1. The number of rotatable bonds is 2. The van der Waals surface area contributed by atoms with Crippen LogP contribution in [0.25, 0.3) is 0 Å². The quantitative estimate of drug-likeness (QED) is 0.806. The van der Waals surface area contributed by atoms with Crippen LogP contribution in [0.5, 0.6) is 0 Å². The molecule has 0 aliphatic rings. The van der Waals surface area contributed by atoms with Crippen molar-refractivity contribution in [3.8, 4) is 0 Å². The Bertz CT molecular complexity index is 439. The van der Waals surface area contributed by atoms with Crippen LogP contribution in [0, 0.1) is 6.92 Å². The molecule has 0 aliphatic carbocycles. The van der Waals surface area contributed by atoms with Crippen LogP contribution in [-0.2, 0) is 0 Å². The lowest BCUT2D eigenvalue weighted by Crippen LogP contribution is -1.99. The summed E-state index contributed by atoms with van der Waals surface area (Å²) in [4.78, 5) is 3.93. The van der Waals surface area contributed by atoms with Crippen LogP contribution in [-0.4, -0.2) is 10.1 Å². The highest BCUT2D eigenvalue weighted by atomic mass is 16.3. The molecular weight excluding hydrogens is 186 g/mol. The van der Waals surface area contributed by atoms with Gasteiger partial charge in [0.1, 0.15) is 6.10 Å². The Kier molecular flexibility index (Phi) is 2.79. The molecule has 0 amide bonds. The zero-order valence-corrected chi connectivity index (χ0v) is 8.59. The van der Waals surface area contributed by atoms with Gasteiger partial charge >= 0.3 is 0 Å². The Labute approximate surface area is 89.2 Å². The highest BCUT2D eigenvalue weighted by Gasteiger charge is 2.09. The summed E-state index contributed by atoms with van der Waals surface area (Å²) >= 11 is 0. The van der Waals surface area contributed by atoms with Gasteiger partial charge in [0.2, 0.25) is 0 Å². The number of nitrogens with zero attached hydrogens (tertiary/aromatic N) is 1. The van der Waals surface area contributed by atoms with Gasteiger partial charge in [0.15, 0.2) is 0 Å². The number of aliphatic hydroxyl groups is 1. The Morgan fingerprint density at radius 1 is 1.07 bits per heavy atom. The number of hydrogen-bond donors (Lipinski definition) is 1. The second-order valence-electron chi connectivity index (χ2n) is 3.60. The van der Waals surface area contributed by atoms with E-state index in [1.807, 2.05) is 43.3 Å². The third-order valence-corrected chi connectivity index (χ3v) is 2.38. The summed E-state index contributed by atoms with van der Waals surface area (Å²) < 4.78 is 0. The minimum Gasteiger partial charge on any atom is -0.384 e. The van der Waals surface area contributed by atoms with Crippen LogP contribution in [0.2, 0.25) is 0 Å². The molecule has 1 aromatic carbocycles. The third kappa shape index (κ3) is 2.22. The van der Waals surface area contributed by atoms with E-state index in [4.69, 9.17) is 0 Å². The summed E-state index contributed by atoms with van der Waals surface area (Å²) in [7, 11) is 0. The second kappa shape index (κ2) is 4.24. The molecule has 1 N–H and O–H groups in total. The second-order valence-corrected chi connectivity index (χ2v) is 3.60. The largest absolute Gasteiger partial charge is 0.384 e. The molecule has 0 aliphatic heterocycles. The van der Waals surface area contributed by atoms with Gasteiger partial charge in [-0.3, -0.25) is 4.98 Å². The fourth-order valence-corrected chi connectivity index (χ4v) is 1.58. The lowest BCUT2D eigenvalue weighted by Gasteiger charge is -2.11. The van der Waals surface area contributed by atoms with Crippen LogP contribution in [0.3, 0.4) is 0 Å². The first-order valence-corrected chi connectivity index (χ1v) is 4.92. The molecule has 0 radical (unpaired) electrons. The monoisotopic (exact) mass is 199 g/mol. The molecule has 1 unspecified atom stereocenters. The van der Waals surface area contributed by atoms with Crippen LogP contribution in [0.15, 0.2) is 48.8 Å². The molecule has 76 valence electrons. The van der Waals surface area contributed by atoms with Crippen molar-refractivity contribution in [2.75, 3.05) is 0 Å². The van der Waals surface area contributed by atoms with E-state index in [1.54, 1.807) is 12.4 Å². The summed E-state index contributed by atoms with van der Waals surface area (Å²) in [6.07, 6.45) is 2.82. The van der Waals surface area contributed by atoms with Crippen molar-refractivity contribution >= 4 is 0 Å². The van der Waals surface area contributed by atoms with Gasteiger partial charge in [-0.05, 0) is 30.2 Å². The van der Waals surface area contributed by atoms with Gasteiger partial charge in [-0.25, -0.2) is 0 Å². The summed E-state index contributed by atoms with van der Waals surface area (Å²) in [6.45, 7) is 2.02. The lowest BCUT2D eigenvalue weighted by atomic mass is 10.0. The summed E-state index contributed by atoms with van der Waals surface area (Å²) in [5, 5.41) is 10.1. The average Bonchev–Trinajstić information content (AvgIpc) is 2.29. The SMILES string of the molecule is Cc1cccc(C(O)c2ccncc2)c1. The minimum absolute atomic E-state index is 0.562. The smallest absolute Gasteiger partial charge is 0.104 e. The fourth-order valence-electron chi connectivity index (χ4n) is 1.58. The molecule has 1 aromatic heterocycles. The number of aromatic nitrogens is 1. The first-order valence-electron chi connectivity index (χ1n) is 4.92. The molecule has 2 rings (SSSR count). The van der Waals surface area contributed by atoms with Gasteiger partial charge < -0.3 is 5.11 Å². The molecule has 0 spiro atoms. The van der Waals surface area contributed by atoms with E-state index in [-0.39, 0.29) is 0 Å². The predicted octanol–water partition coefficient (Wildman–Crippen LogP) is 2.47. The van der Waals surface area contributed by atoms with E-state index in [9.17, 15) is 5.11 Å². The van der Waals surface area contributed by atoms with E-state index in [0.717, 1.165) is 16.7 Å². The number of aryl methyl sites for hydroxylation is 1. The maximum Gasteiger partial charge on any atom is 0.104 e. The van der Waals surface area contributed by atoms with Gasteiger partial charge in [-0.2, -0.15) is 0 Å². The van der Waals surface area contributed by atoms with Crippen molar-refractivity contribution in [1.29, 1.82) is 0 Å². The lowest BCUT2D eigenvalue weighted by molar-refractivity contribution is 0.220. The van der Waals surface area contributed by atoms with Gasteiger partial charge in [-0.15, -0.1) is 0 Å². The topological polar surface area (TPSA) is 33.1 Å². The number of hydrogen-bond acceptors (Lipinski definition) is 2. The Hall–Kier alpha value is -1.67. The molecule has 2 aromatic rings. The zero-order chi connectivity index (χ0) is 10.7. The molecule has 2 nitrogen and oxygen atoms in total. The molecule has 0 fully saturated rings. The van der Waals surface area contributed by atoms with Crippen LogP contribution in [0.4, 0.5) is 0 Å². The molecule has 1 heterocycles. The fraction of sp³-hybridized carbons (Fsp3) is 0.154. The average molecular weight is 199 g/mol. The molecule has 0 bridgehead atoms. The number of aliphatic hydroxyl groups excluding tert-OH is 1. The first kappa shape index (κ1) is 9.87. The molecule has 15 heavy (non-hydrogen) atoms. The van der Waals surface area contributed by atoms with Gasteiger partial charge in [0.25, 0.3) is 0 Å². The van der Waals surface area contributed by atoms with Crippen molar-refractivity contribution in [2.24, 2.45) is 0 Å². The van der Waals surface area contributed by atoms with Crippen LogP contribution >= 0.6 is 0 Å². The molecule has 0 saturated carbocycles. The van der Waals surface area contributed by atoms with E-state index in [1.165, 1.54) is 0 Å². The maximum atomic E-state index is 10.1. The third-order valence-electron chi connectivity index (χ3n) is 2.38. The zero-order valence-electron chi connectivity index (χ0n) is 8.59. The van der Waals surface area contributed by atoms with Crippen LogP contribution < -0.4 is 0 Å². The molecular formula is C13H13NO. The summed E-state index contributed by atoms with van der Waals surface area (Å²) in [5.74, 6) is 0. The Balaban J connectivity index is 2.32. The Morgan fingerprint density at radius 3 is 2.47 bits per heavy atom. The van der Waals surface area contributed by atoms with Crippen molar-refractivity contribution in [3.05, 3.63) is 65.5 Å². The summed E-state index contributed by atoms with van der Waals surface area (Å²) in [5.41, 5.74) is 2.94. The van der Waals surface area contributed by atoms with E-state index < -0.39 is 6.10 Å². The van der Waals surface area contributed by atoms with Crippen molar-refractivity contribution in [2.45, 2.75) is 13.0 Å². The van der Waals surface area contributed by atoms with E-state index in [0.29, 0.717) is 0 Å². The van der Waals surface area contributed by atoms with Gasteiger partial charge in [0.05, 0.1) is 0 Å². The highest BCUT2D eigenvalue weighted by molar-refractivity contribution is 5.31. The van der Waals surface area contributed by atoms with E-state index in [2.05, 4.69) is 4.98 Å². The van der Waals surface area contributed by atoms with Crippen molar-refractivity contribution < 1.29 is 5.11 Å². The molecule has 0 saturated heterocycles. The van der Waals surface area contributed by atoms with Crippen LogP contribution in [0.1, 0.15) is 22.8 Å². The Morgan fingerprint density at radius 2 is 1.80 bits per heavy atom. The predicted molar refractivity (Wildman–Crippen MR) is 59.5 cm³/mol. The first-order chi connectivity index (χ1) is 7.27. The molecule has 2 heteroatoms.